The number of benzene rings is 1. The molecule has 0 amide bonds. The second kappa shape index (κ2) is 3.05. The Kier molecular flexibility index (Phi) is 2.21. The second-order valence-corrected chi connectivity index (χ2v) is 6.26. The Hall–Kier alpha value is -0.390. The Morgan fingerprint density at radius 2 is 2.07 bits per heavy atom. The van der Waals surface area contributed by atoms with E-state index in [2.05, 4.69) is 15.9 Å². The third kappa shape index (κ3) is 1.23. The molecule has 76 valence electrons. The first-order valence-electron chi connectivity index (χ1n) is 4.22. The summed E-state index contributed by atoms with van der Waals surface area (Å²) < 4.78 is 25.9. The Morgan fingerprint density at radius 3 is 2.71 bits per heavy atom. The Morgan fingerprint density at radius 1 is 1.43 bits per heavy atom. The van der Waals surface area contributed by atoms with Crippen LogP contribution < -0.4 is 0 Å². The van der Waals surface area contributed by atoms with Crippen molar-refractivity contribution in [1.29, 1.82) is 0 Å². The zero-order valence-electron chi connectivity index (χ0n) is 7.86. The fourth-order valence-corrected chi connectivity index (χ4v) is 3.63. The van der Waals surface area contributed by atoms with Crippen LogP contribution in [0.25, 0.3) is 0 Å². The smallest absolute Gasteiger partial charge is 0.207 e. The summed E-state index contributed by atoms with van der Waals surface area (Å²) >= 11 is 3.34. The van der Waals surface area contributed by atoms with E-state index in [-0.39, 0.29) is 6.04 Å². The number of fused-ring (bicyclic) bond motifs is 1. The van der Waals surface area contributed by atoms with E-state index in [1.165, 1.54) is 4.31 Å². The predicted molar refractivity (Wildman–Crippen MR) is 57.5 cm³/mol. The number of nitrogens with zero attached hydrogens (tertiary/aromatic N) is 1. The van der Waals surface area contributed by atoms with Crippen molar-refractivity contribution in [3.8, 4) is 0 Å². The molecule has 1 aliphatic rings. The van der Waals surface area contributed by atoms with Crippen LogP contribution in [0, 0.1) is 0 Å². The molecule has 0 saturated heterocycles. The van der Waals surface area contributed by atoms with Crippen LogP contribution in [-0.4, -0.2) is 19.8 Å². The molecule has 0 aromatic heterocycles. The van der Waals surface area contributed by atoms with E-state index in [1.807, 2.05) is 13.0 Å². The van der Waals surface area contributed by atoms with Crippen LogP contribution in [-0.2, 0) is 10.0 Å². The Labute approximate surface area is 91.9 Å². The van der Waals surface area contributed by atoms with Gasteiger partial charge < -0.3 is 0 Å². The van der Waals surface area contributed by atoms with Crippen molar-refractivity contribution in [3.05, 3.63) is 28.2 Å². The third-order valence-corrected chi connectivity index (χ3v) is 5.12. The lowest BCUT2D eigenvalue weighted by molar-refractivity contribution is 0.420. The topological polar surface area (TPSA) is 37.4 Å². The van der Waals surface area contributed by atoms with E-state index in [9.17, 15) is 8.42 Å². The van der Waals surface area contributed by atoms with Gasteiger partial charge in [-0.25, -0.2) is 8.42 Å². The SMILES string of the molecule is C[C@H]1c2cc(Br)ccc2S(=O)(=O)N1C. The largest absolute Gasteiger partial charge is 0.243 e. The zero-order valence-corrected chi connectivity index (χ0v) is 10.3. The average molecular weight is 276 g/mol. The van der Waals surface area contributed by atoms with Crippen molar-refractivity contribution in [3.63, 3.8) is 0 Å². The minimum atomic E-state index is -3.24. The molecule has 0 saturated carbocycles. The van der Waals surface area contributed by atoms with Crippen molar-refractivity contribution >= 4 is 26.0 Å². The van der Waals surface area contributed by atoms with Gasteiger partial charge in [-0.3, -0.25) is 0 Å². The molecule has 1 aliphatic heterocycles. The van der Waals surface area contributed by atoms with Crippen molar-refractivity contribution in [1.82, 2.24) is 4.31 Å². The lowest BCUT2D eigenvalue weighted by atomic mass is 10.1. The number of sulfonamides is 1. The summed E-state index contributed by atoms with van der Waals surface area (Å²) in [6.45, 7) is 1.88. The summed E-state index contributed by atoms with van der Waals surface area (Å²) in [6.07, 6.45) is 0. The van der Waals surface area contributed by atoms with Crippen LogP contribution in [0.5, 0.6) is 0 Å². The molecule has 0 N–H and O–H groups in total. The summed E-state index contributed by atoms with van der Waals surface area (Å²) in [7, 11) is -1.63. The number of hydrogen-bond acceptors (Lipinski definition) is 2. The van der Waals surface area contributed by atoms with Gasteiger partial charge in [0.15, 0.2) is 0 Å². The molecular weight excluding hydrogens is 266 g/mol. The number of halogens is 1. The van der Waals surface area contributed by atoms with Gasteiger partial charge in [-0.15, -0.1) is 0 Å². The van der Waals surface area contributed by atoms with Crippen molar-refractivity contribution in [2.45, 2.75) is 17.9 Å². The molecule has 0 radical (unpaired) electrons. The van der Waals surface area contributed by atoms with E-state index in [1.54, 1.807) is 19.2 Å². The lowest BCUT2D eigenvalue weighted by Crippen LogP contribution is -2.21. The van der Waals surface area contributed by atoms with Gasteiger partial charge >= 0.3 is 0 Å². The Bertz CT molecular complexity index is 484. The van der Waals surface area contributed by atoms with Gasteiger partial charge in [-0.1, -0.05) is 15.9 Å². The summed E-state index contributed by atoms with van der Waals surface area (Å²) in [5, 5.41) is 0. The fourth-order valence-electron chi connectivity index (χ4n) is 1.64. The first kappa shape index (κ1) is 10.1. The molecule has 0 bridgehead atoms. The van der Waals surface area contributed by atoms with E-state index in [4.69, 9.17) is 0 Å². The maximum atomic E-state index is 11.8. The van der Waals surface area contributed by atoms with Crippen LogP contribution in [0.1, 0.15) is 18.5 Å². The highest BCUT2D eigenvalue weighted by molar-refractivity contribution is 9.10. The molecule has 1 heterocycles. The molecule has 0 fully saturated rings. The highest BCUT2D eigenvalue weighted by atomic mass is 79.9. The van der Waals surface area contributed by atoms with Gasteiger partial charge in [-0.05, 0) is 30.7 Å². The summed E-state index contributed by atoms with van der Waals surface area (Å²) in [4.78, 5) is 0.427. The molecule has 1 aromatic rings. The first-order chi connectivity index (χ1) is 6.44. The van der Waals surface area contributed by atoms with Crippen LogP contribution in [0.4, 0.5) is 0 Å². The van der Waals surface area contributed by atoms with Crippen LogP contribution in [0.3, 0.4) is 0 Å². The molecule has 1 aromatic carbocycles. The van der Waals surface area contributed by atoms with E-state index in [0.717, 1.165) is 10.0 Å². The normalized spacial score (nSPS) is 24.9. The van der Waals surface area contributed by atoms with Gasteiger partial charge in [0.1, 0.15) is 0 Å². The molecule has 1 atom stereocenters. The van der Waals surface area contributed by atoms with Gasteiger partial charge in [-0.2, -0.15) is 4.31 Å². The quantitative estimate of drug-likeness (QED) is 0.728. The second-order valence-electron chi connectivity index (χ2n) is 3.38. The summed E-state index contributed by atoms with van der Waals surface area (Å²) in [5.41, 5.74) is 0.863. The van der Waals surface area contributed by atoms with Gasteiger partial charge in [0.2, 0.25) is 10.0 Å². The van der Waals surface area contributed by atoms with Crippen molar-refractivity contribution in [2.24, 2.45) is 0 Å². The standard InChI is InChI=1S/C9H10BrNO2S/c1-6-8-5-7(10)3-4-9(8)14(12,13)11(6)2/h3-6H,1-2H3/t6-/m0/s1. The molecule has 0 spiro atoms. The average Bonchev–Trinajstić information content (AvgIpc) is 2.28. The van der Waals surface area contributed by atoms with Crippen LogP contribution in [0.15, 0.2) is 27.6 Å². The minimum absolute atomic E-state index is 0.0764. The highest BCUT2D eigenvalue weighted by Gasteiger charge is 2.37. The fraction of sp³-hybridized carbons (Fsp3) is 0.333. The maximum absolute atomic E-state index is 11.8. The van der Waals surface area contributed by atoms with Crippen molar-refractivity contribution in [2.75, 3.05) is 7.05 Å². The highest BCUT2D eigenvalue weighted by Crippen LogP contribution is 2.38. The molecule has 2 rings (SSSR count). The molecule has 14 heavy (non-hydrogen) atoms. The lowest BCUT2D eigenvalue weighted by Gasteiger charge is -2.12. The summed E-state index contributed by atoms with van der Waals surface area (Å²) in [6, 6.07) is 5.19. The molecule has 0 unspecified atom stereocenters. The predicted octanol–water partition coefficient (Wildman–Crippen LogP) is 2.14. The first-order valence-corrected chi connectivity index (χ1v) is 6.45. The molecule has 5 heteroatoms. The number of hydrogen-bond donors (Lipinski definition) is 0. The summed E-state index contributed by atoms with van der Waals surface area (Å²) in [5.74, 6) is 0. The van der Waals surface area contributed by atoms with Crippen LogP contribution >= 0.6 is 15.9 Å². The van der Waals surface area contributed by atoms with Crippen molar-refractivity contribution < 1.29 is 8.42 Å². The van der Waals surface area contributed by atoms with Gasteiger partial charge in [0.05, 0.1) is 4.90 Å². The monoisotopic (exact) mass is 275 g/mol. The van der Waals surface area contributed by atoms with Gasteiger partial charge in [0.25, 0.3) is 0 Å². The molecular formula is C9H10BrNO2S. The molecule has 3 nitrogen and oxygen atoms in total. The Balaban J connectivity index is 2.75. The van der Waals surface area contributed by atoms with E-state index >= 15 is 0 Å². The molecule has 0 aliphatic carbocycles. The van der Waals surface area contributed by atoms with E-state index in [0.29, 0.717) is 4.90 Å². The minimum Gasteiger partial charge on any atom is -0.207 e. The van der Waals surface area contributed by atoms with Gasteiger partial charge in [0, 0.05) is 17.6 Å². The zero-order chi connectivity index (χ0) is 10.5. The maximum Gasteiger partial charge on any atom is 0.243 e. The number of rotatable bonds is 0. The van der Waals surface area contributed by atoms with E-state index < -0.39 is 10.0 Å². The third-order valence-electron chi connectivity index (χ3n) is 2.62. The van der Waals surface area contributed by atoms with Crippen LogP contribution in [0.2, 0.25) is 0 Å².